The molecule has 0 saturated carbocycles. The van der Waals surface area contributed by atoms with Crippen molar-refractivity contribution in [1.29, 1.82) is 0 Å². The van der Waals surface area contributed by atoms with Crippen LogP contribution in [0, 0.1) is 17.0 Å². The Balaban J connectivity index is 1.71. The second kappa shape index (κ2) is 8.18. The second-order valence-electron chi connectivity index (χ2n) is 6.44. The molecular weight excluding hydrogens is 378 g/mol. The van der Waals surface area contributed by atoms with Gasteiger partial charge in [0.1, 0.15) is 5.75 Å². The van der Waals surface area contributed by atoms with Gasteiger partial charge < -0.3 is 4.74 Å². The SMILES string of the molecule is Cc1cc(C(=O)Nc2nc(-c3ccc(OC(C)C)cc3)cs2)ccc1[N+](=O)[O-]. The normalized spacial score (nSPS) is 10.7. The van der Waals surface area contributed by atoms with Crippen LogP contribution in [0.5, 0.6) is 5.75 Å². The minimum Gasteiger partial charge on any atom is -0.491 e. The zero-order chi connectivity index (χ0) is 20.3. The number of aryl methyl sites for hydroxylation is 1. The van der Waals surface area contributed by atoms with Crippen molar-refractivity contribution in [2.45, 2.75) is 26.9 Å². The number of thiazole rings is 1. The maximum absolute atomic E-state index is 12.4. The van der Waals surface area contributed by atoms with E-state index in [0.717, 1.165) is 17.0 Å². The van der Waals surface area contributed by atoms with E-state index in [1.807, 2.05) is 43.5 Å². The zero-order valence-corrected chi connectivity index (χ0v) is 16.4. The van der Waals surface area contributed by atoms with E-state index in [9.17, 15) is 14.9 Å². The van der Waals surface area contributed by atoms with Gasteiger partial charge in [-0.1, -0.05) is 0 Å². The van der Waals surface area contributed by atoms with Gasteiger partial charge in [-0.3, -0.25) is 20.2 Å². The van der Waals surface area contributed by atoms with Crippen LogP contribution in [0.25, 0.3) is 11.3 Å². The first-order chi connectivity index (χ1) is 13.3. The first-order valence-electron chi connectivity index (χ1n) is 8.62. The minimum atomic E-state index is -0.471. The average Bonchev–Trinajstić information content (AvgIpc) is 3.10. The Kier molecular flexibility index (Phi) is 5.70. The van der Waals surface area contributed by atoms with Crippen LogP contribution >= 0.6 is 11.3 Å². The zero-order valence-electron chi connectivity index (χ0n) is 15.6. The third-order valence-electron chi connectivity index (χ3n) is 3.90. The third kappa shape index (κ3) is 4.52. The van der Waals surface area contributed by atoms with Crippen LogP contribution in [0.15, 0.2) is 47.8 Å². The number of benzene rings is 2. The molecule has 8 heteroatoms. The molecule has 0 atom stereocenters. The molecular formula is C20H19N3O4S. The molecule has 0 aliphatic heterocycles. The van der Waals surface area contributed by atoms with Crippen LogP contribution in [0.3, 0.4) is 0 Å². The van der Waals surface area contributed by atoms with E-state index in [4.69, 9.17) is 4.74 Å². The quantitative estimate of drug-likeness (QED) is 0.463. The molecule has 0 fully saturated rings. The lowest BCUT2D eigenvalue weighted by Gasteiger charge is -2.09. The van der Waals surface area contributed by atoms with Crippen molar-refractivity contribution in [2.75, 3.05) is 5.32 Å². The smallest absolute Gasteiger partial charge is 0.272 e. The fourth-order valence-corrected chi connectivity index (χ4v) is 3.33. The summed E-state index contributed by atoms with van der Waals surface area (Å²) in [5.74, 6) is 0.427. The Hall–Kier alpha value is -3.26. The molecule has 1 aromatic heterocycles. The molecule has 1 amide bonds. The number of carbonyl (C=O) groups excluding carboxylic acids is 1. The van der Waals surface area contributed by atoms with Crippen LogP contribution < -0.4 is 10.1 Å². The molecule has 3 rings (SSSR count). The van der Waals surface area contributed by atoms with E-state index in [0.29, 0.717) is 16.3 Å². The average molecular weight is 397 g/mol. The molecule has 1 N–H and O–H groups in total. The van der Waals surface area contributed by atoms with Gasteiger partial charge in [0.2, 0.25) is 0 Å². The number of nitro benzene ring substituents is 1. The summed E-state index contributed by atoms with van der Waals surface area (Å²) in [7, 11) is 0. The predicted molar refractivity (Wildman–Crippen MR) is 109 cm³/mol. The number of ether oxygens (including phenoxy) is 1. The second-order valence-corrected chi connectivity index (χ2v) is 7.30. The maximum Gasteiger partial charge on any atom is 0.272 e. The van der Waals surface area contributed by atoms with Gasteiger partial charge in [-0.15, -0.1) is 11.3 Å². The number of hydrogen-bond acceptors (Lipinski definition) is 6. The Morgan fingerprint density at radius 3 is 2.54 bits per heavy atom. The third-order valence-corrected chi connectivity index (χ3v) is 4.66. The molecule has 0 unspecified atom stereocenters. The van der Waals surface area contributed by atoms with Crippen LogP contribution in [0.2, 0.25) is 0 Å². The Labute approximate surface area is 166 Å². The number of anilines is 1. The predicted octanol–water partition coefficient (Wildman–Crippen LogP) is 5.07. The summed E-state index contributed by atoms with van der Waals surface area (Å²) < 4.78 is 5.63. The molecule has 0 bridgehead atoms. The molecule has 0 aliphatic rings. The van der Waals surface area contributed by atoms with Crippen molar-refractivity contribution < 1.29 is 14.5 Å². The van der Waals surface area contributed by atoms with Gasteiger partial charge in [0.15, 0.2) is 5.13 Å². The van der Waals surface area contributed by atoms with E-state index in [-0.39, 0.29) is 17.7 Å². The highest BCUT2D eigenvalue weighted by Gasteiger charge is 2.15. The molecule has 0 spiro atoms. The number of amides is 1. The van der Waals surface area contributed by atoms with Gasteiger partial charge in [0.05, 0.1) is 16.7 Å². The summed E-state index contributed by atoms with van der Waals surface area (Å²) in [4.78, 5) is 27.3. The lowest BCUT2D eigenvalue weighted by molar-refractivity contribution is -0.385. The lowest BCUT2D eigenvalue weighted by atomic mass is 10.1. The molecule has 3 aromatic rings. The molecule has 0 aliphatic carbocycles. The van der Waals surface area contributed by atoms with E-state index < -0.39 is 4.92 Å². The summed E-state index contributed by atoms with van der Waals surface area (Å²) in [6.45, 7) is 5.54. The van der Waals surface area contributed by atoms with E-state index >= 15 is 0 Å². The molecule has 7 nitrogen and oxygen atoms in total. The van der Waals surface area contributed by atoms with Gasteiger partial charge in [-0.05, 0) is 57.2 Å². The van der Waals surface area contributed by atoms with Crippen molar-refractivity contribution in [1.82, 2.24) is 4.98 Å². The molecule has 144 valence electrons. The van der Waals surface area contributed by atoms with Gasteiger partial charge in [0.25, 0.3) is 11.6 Å². The van der Waals surface area contributed by atoms with Crippen molar-refractivity contribution in [3.05, 3.63) is 69.1 Å². The summed E-state index contributed by atoms with van der Waals surface area (Å²) in [5, 5.41) is 15.9. The highest BCUT2D eigenvalue weighted by molar-refractivity contribution is 7.14. The van der Waals surface area contributed by atoms with Gasteiger partial charge in [-0.2, -0.15) is 0 Å². The van der Waals surface area contributed by atoms with Crippen LogP contribution in [-0.2, 0) is 0 Å². The molecule has 0 radical (unpaired) electrons. The molecule has 2 aromatic carbocycles. The summed E-state index contributed by atoms with van der Waals surface area (Å²) in [6.07, 6.45) is 0.106. The number of aromatic nitrogens is 1. The Morgan fingerprint density at radius 2 is 1.93 bits per heavy atom. The lowest BCUT2D eigenvalue weighted by Crippen LogP contribution is -2.12. The number of nitrogens with zero attached hydrogens (tertiary/aromatic N) is 2. The first-order valence-corrected chi connectivity index (χ1v) is 9.50. The Morgan fingerprint density at radius 1 is 1.21 bits per heavy atom. The van der Waals surface area contributed by atoms with Crippen LogP contribution in [0.4, 0.5) is 10.8 Å². The fraction of sp³-hybridized carbons (Fsp3) is 0.200. The molecule has 0 saturated heterocycles. The largest absolute Gasteiger partial charge is 0.491 e. The maximum atomic E-state index is 12.4. The van der Waals surface area contributed by atoms with E-state index in [1.165, 1.54) is 29.5 Å². The molecule has 1 heterocycles. The van der Waals surface area contributed by atoms with Gasteiger partial charge in [-0.25, -0.2) is 4.98 Å². The number of rotatable bonds is 6. The van der Waals surface area contributed by atoms with Gasteiger partial charge in [0, 0.05) is 28.1 Å². The fourth-order valence-electron chi connectivity index (χ4n) is 2.61. The minimum absolute atomic E-state index is 0.0158. The number of nitro groups is 1. The van der Waals surface area contributed by atoms with Gasteiger partial charge >= 0.3 is 0 Å². The summed E-state index contributed by atoms with van der Waals surface area (Å²) in [5.41, 5.74) is 2.42. The highest BCUT2D eigenvalue weighted by atomic mass is 32.1. The van der Waals surface area contributed by atoms with Crippen LogP contribution in [0.1, 0.15) is 29.8 Å². The van der Waals surface area contributed by atoms with Crippen LogP contribution in [-0.4, -0.2) is 21.9 Å². The monoisotopic (exact) mass is 397 g/mol. The van der Waals surface area contributed by atoms with Crippen molar-refractivity contribution in [3.8, 4) is 17.0 Å². The summed E-state index contributed by atoms with van der Waals surface area (Å²) >= 11 is 1.31. The number of carbonyl (C=O) groups is 1. The van der Waals surface area contributed by atoms with Crippen molar-refractivity contribution >= 4 is 28.1 Å². The van der Waals surface area contributed by atoms with E-state index in [1.54, 1.807) is 6.92 Å². The number of nitrogens with one attached hydrogen (secondary N) is 1. The first kappa shape index (κ1) is 19.5. The summed E-state index contributed by atoms with van der Waals surface area (Å²) in [6, 6.07) is 11.9. The standard InChI is InChI=1S/C20H19N3O4S/c1-12(2)27-16-7-4-14(5-8-16)17-11-28-20(21-17)22-19(24)15-6-9-18(23(25)26)13(3)10-15/h4-12H,1-3H3,(H,21,22,24). The Bertz CT molecular complexity index is 1010. The topological polar surface area (TPSA) is 94.4 Å². The highest BCUT2D eigenvalue weighted by Crippen LogP contribution is 2.27. The number of hydrogen-bond donors (Lipinski definition) is 1. The van der Waals surface area contributed by atoms with E-state index in [2.05, 4.69) is 10.3 Å². The molecule has 28 heavy (non-hydrogen) atoms. The van der Waals surface area contributed by atoms with Crippen molar-refractivity contribution in [2.24, 2.45) is 0 Å². The van der Waals surface area contributed by atoms with Crippen molar-refractivity contribution in [3.63, 3.8) is 0 Å².